The lowest BCUT2D eigenvalue weighted by atomic mass is 10.1. The van der Waals surface area contributed by atoms with Crippen molar-refractivity contribution in [1.82, 2.24) is 4.98 Å². The van der Waals surface area contributed by atoms with E-state index in [9.17, 15) is 22.4 Å². The summed E-state index contributed by atoms with van der Waals surface area (Å²) in [6.07, 6.45) is -4.26. The number of hydrogen-bond acceptors (Lipinski definition) is 1. The fourth-order valence-corrected chi connectivity index (χ4v) is 1.41. The van der Waals surface area contributed by atoms with Crippen LogP contribution in [0.1, 0.15) is 16.1 Å². The first-order chi connectivity index (χ1) is 7.41. The van der Waals surface area contributed by atoms with Crippen LogP contribution in [-0.2, 0) is 6.18 Å². The molecule has 1 aromatic heterocycles. The monoisotopic (exact) mass is 231 g/mol. The second-order valence-corrected chi connectivity index (χ2v) is 3.26. The van der Waals surface area contributed by atoms with E-state index in [4.69, 9.17) is 0 Å². The zero-order chi connectivity index (χ0) is 11.9. The fraction of sp³-hybridized carbons (Fsp3) is 0.100. The highest BCUT2D eigenvalue weighted by molar-refractivity contribution is 5.87. The Balaban J connectivity index is 2.67. The van der Waals surface area contributed by atoms with Gasteiger partial charge in [0.25, 0.3) is 0 Å². The van der Waals surface area contributed by atoms with Crippen LogP contribution in [0.3, 0.4) is 0 Å². The predicted octanol–water partition coefficient (Wildman–Crippen LogP) is 3.14. The van der Waals surface area contributed by atoms with Crippen LogP contribution in [0.15, 0.2) is 18.2 Å². The van der Waals surface area contributed by atoms with E-state index in [1.54, 1.807) is 0 Å². The average Bonchev–Trinajstić information content (AvgIpc) is 2.58. The van der Waals surface area contributed by atoms with E-state index in [2.05, 4.69) is 4.98 Å². The molecule has 1 aromatic carbocycles. The second kappa shape index (κ2) is 3.33. The van der Waals surface area contributed by atoms with Gasteiger partial charge in [0.1, 0.15) is 11.5 Å². The molecule has 0 bridgehead atoms. The first kappa shape index (κ1) is 10.7. The maximum absolute atomic E-state index is 13.1. The molecule has 0 saturated heterocycles. The Bertz CT molecular complexity index is 556. The van der Waals surface area contributed by atoms with Crippen LogP contribution in [0.4, 0.5) is 17.6 Å². The van der Waals surface area contributed by atoms with E-state index in [0.29, 0.717) is 0 Å². The predicted molar refractivity (Wildman–Crippen MR) is 48.6 cm³/mol. The van der Waals surface area contributed by atoms with Crippen molar-refractivity contribution in [2.45, 2.75) is 6.18 Å². The van der Waals surface area contributed by atoms with Gasteiger partial charge < -0.3 is 4.98 Å². The molecule has 0 atom stereocenters. The van der Waals surface area contributed by atoms with E-state index in [-0.39, 0.29) is 22.8 Å². The highest BCUT2D eigenvalue weighted by Crippen LogP contribution is 2.31. The van der Waals surface area contributed by atoms with Crippen LogP contribution in [0.25, 0.3) is 10.9 Å². The molecule has 1 heterocycles. The molecule has 0 aliphatic heterocycles. The first-order valence-electron chi connectivity index (χ1n) is 4.26. The molecule has 0 amide bonds. The van der Waals surface area contributed by atoms with Crippen molar-refractivity contribution in [3.63, 3.8) is 0 Å². The SMILES string of the molecule is O=Cc1cc2[nH]c(C(F)(F)F)cc2cc1F. The number of nitrogens with one attached hydrogen (secondary N) is 1. The topological polar surface area (TPSA) is 32.9 Å². The standard InChI is InChI=1S/C10H5F4NO/c11-7-1-5-3-9(10(12,13)14)15-8(5)2-6(7)4-16/h1-4,15H. The number of H-pyrrole nitrogens is 1. The molecular formula is C10H5F4NO. The minimum absolute atomic E-state index is 0.0791. The van der Waals surface area contributed by atoms with Gasteiger partial charge in [-0.05, 0) is 18.2 Å². The van der Waals surface area contributed by atoms with Gasteiger partial charge in [-0.15, -0.1) is 0 Å². The van der Waals surface area contributed by atoms with Crippen LogP contribution in [0.5, 0.6) is 0 Å². The Hall–Kier alpha value is -1.85. The van der Waals surface area contributed by atoms with Gasteiger partial charge in [-0.3, -0.25) is 4.79 Å². The molecule has 2 nitrogen and oxygen atoms in total. The lowest BCUT2D eigenvalue weighted by Crippen LogP contribution is -2.04. The zero-order valence-electron chi connectivity index (χ0n) is 7.73. The number of aromatic nitrogens is 1. The number of hydrogen-bond donors (Lipinski definition) is 1. The van der Waals surface area contributed by atoms with Crippen molar-refractivity contribution >= 4 is 17.2 Å². The summed E-state index contributed by atoms with van der Waals surface area (Å²) in [5, 5.41) is 0.0791. The third-order valence-corrected chi connectivity index (χ3v) is 2.17. The summed E-state index contributed by atoms with van der Waals surface area (Å²) in [5.41, 5.74) is -1.16. The summed E-state index contributed by atoms with van der Waals surface area (Å²) in [4.78, 5) is 12.5. The normalized spacial score (nSPS) is 12.0. The number of carbonyl (C=O) groups excluding carboxylic acids is 1. The van der Waals surface area contributed by atoms with Crippen molar-refractivity contribution < 1.29 is 22.4 Å². The van der Waals surface area contributed by atoms with Crippen LogP contribution in [0, 0.1) is 5.82 Å². The van der Waals surface area contributed by atoms with Crippen molar-refractivity contribution in [2.75, 3.05) is 0 Å². The fourth-order valence-electron chi connectivity index (χ4n) is 1.41. The average molecular weight is 231 g/mol. The number of fused-ring (bicyclic) bond motifs is 1. The van der Waals surface area contributed by atoms with Crippen LogP contribution < -0.4 is 0 Å². The zero-order valence-corrected chi connectivity index (χ0v) is 7.73. The van der Waals surface area contributed by atoms with Gasteiger partial charge in [-0.1, -0.05) is 0 Å². The first-order valence-corrected chi connectivity index (χ1v) is 4.26. The number of halogens is 4. The van der Waals surface area contributed by atoms with Crippen molar-refractivity contribution in [3.8, 4) is 0 Å². The quantitative estimate of drug-likeness (QED) is 0.593. The number of aldehydes is 1. The van der Waals surface area contributed by atoms with Crippen LogP contribution in [-0.4, -0.2) is 11.3 Å². The number of alkyl halides is 3. The Labute approximate surface area is 86.9 Å². The van der Waals surface area contributed by atoms with E-state index in [0.717, 1.165) is 18.2 Å². The van der Waals surface area contributed by atoms with Gasteiger partial charge in [0.15, 0.2) is 6.29 Å². The molecule has 0 spiro atoms. The number of rotatable bonds is 1. The van der Waals surface area contributed by atoms with E-state index in [1.807, 2.05) is 0 Å². The molecule has 0 unspecified atom stereocenters. The van der Waals surface area contributed by atoms with Gasteiger partial charge in [0.2, 0.25) is 0 Å². The summed E-state index contributed by atoms with van der Waals surface area (Å²) >= 11 is 0. The van der Waals surface area contributed by atoms with Crippen molar-refractivity contribution in [1.29, 1.82) is 0 Å². The lowest BCUT2D eigenvalue weighted by molar-refractivity contribution is -0.140. The Morgan fingerprint density at radius 2 is 1.88 bits per heavy atom. The molecule has 0 saturated carbocycles. The third kappa shape index (κ3) is 1.66. The van der Waals surface area contributed by atoms with Crippen LogP contribution >= 0.6 is 0 Å². The van der Waals surface area contributed by atoms with Crippen molar-refractivity contribution in [2.24, 2.45) is 0 Å². The summed E-state index contributed by atoms with van der Waals surface area (Å²) in [6.45, 7) is 0. The third-order valence-electron chi connectivity index (χ3n) is 2.17. The maximum atomic E-state index is 13.1. The summed E-state index contributed by atoms with van der Waals surface area (Å²) in [7, 11) is 0. The Morgan fingerprint density at radius 3 is 2.44 bits per heavy atom. The number of aromatic amines is 1. The molecule has 0 fully saturated rings. The molecule has 84 valence electrons. The van der Waals surface area contributed by atoms with Gasteiger partial charge in [-0.2, -0.15) is 13.2 Å². The van der Waals surface area contributed by atoms with Gasteiger partial charge in [0, 0.05) is 10.9 Å². The molecule has 1 N–H and O–H groups in total. The molecule has 16 heavy (non-hydrogen) atoms. The van der Waals surface area contributed by atoms with Gasteiger partial charge in [0.05, 0.1) is 5.56 Å². The Kier molecular flexibility index (Phi) is 2.22. The van der Waals surface area contributed by atoms with E-state index >= 15 is 0 Å². The minimum atomic E-state index is -4.52. The molecule has 0 aliphatic rings. The summed E-state index contributed by atoms with van der Waals surface area (Å²) in [5.74, 6) is -0.838. The molecular weight excluding hydrogens is 226 g/mol. The smallest absolute Gasteiger partial charge is 0.351 e. The number of benzene rings is 1. The highest BCUT2D eigenvalue weighted by atomic mass is 19.4. The number of carbonyl (C=O) groups is 1. The summed E-state index contributed by atoms with van der Waals surface area (Å²) < 4.78 is 50.0. The molecule has 2 rings (SSSR count). The lowest BCUT2D eigenvalue weighted by Gasteiger charge is -2.00. The summed E-state index contributed by atoms with van der Waals surface area (Å²) in [6, 6.07) is 2.74. The van der Waals surface area contributed by atoms with E-state index < -0.39 is 17.7 Å². The highest BCUT2D eigenvalue weighted by Gasteiger charge is 2.32. The maximum Gasteiger partial charge on any atom is 0.431 e. The second-order valence-electron chi connectivity index (χ2n) is 3.26. The largest absolute Gasteiger partial charge is 0.431 e. The van der Waals surface area contributed by atoms with Crippen LogP contribution in [0.2, 0.25) is 0 Å². The molecule has 0 radical (unpaired) electrons. The Morgan fingerprint density at radius 1 is 1.19 bits per heavy atom. The minimum Gasteiger partial charge on any atom is -0.351 e. The van der Waals surface area contributed by atoms with Gasteiger partial charge >= 0.3 is 6.18 Å². The molecule has 2 aromatic rings. The molecule has 0 aliphatic carbocycles. The van der Waals surface area contributed by atoms with Gasteiger partial charge in [-0.25, -0.2) is 4.39 Å². The van der Waals surface area contributed by atoms with Crippen molar-refractivity contribution in [3.05, 3.63) is 35.3 Å². The molecule has 6 heteroatoms. The van der Waals surface area contributed by atoms with E-state index in [1.165, 1.54) is 0 Å².